The van der Waals surface area contributed by atoms with Crippen molar-refractivity contribution in [1.82, 2.24) is 5.32 Å². The SMILES string of the molecule is CC(CO)NC(=O)/C=C/c1ccccc1OC(F)(F)F. The predicted molar refractivity (Wildman–Crippen MR) is 66.8 cm³/mol. The van der Waals surface area contributed by atoms with Crippen molar-refractivity contribution in [3.05, 3.63) is 35.9 Å². The molecule has 0 radical (unpaired) electrons. The fourth-order valence-electron chi connectivity index (χ4n) is 1.34. The monoisotopic (exact) mass is 289 g/mol. The molecular weight excluding hydrogens is 275 g/mol. The molecule has 0 fully saturated rings. The first-order valence-electron chi connectivity index (χ1n) is 5.76. The Morgan fingerprint density at radius 3 is 2.70 bits per heavy atom. The second-order valence-corrected chi connectivity index (χ2v) is 4.01. The number of alkyl halides is 3. The first-order valence-corrected chi connectivity index (χ1v) is 5.76. The topological polar surface area (TPSA) is 58.6 Å². The summed E-state index contributed by atoms with van der Waals surface area (Å²) in [6.45, 7) is 1.36. The van der Waals surface area contributed by atoms with E-state index in [4.69, 9.17) is 5.11 Å². The van der Waals surface area contributed by atoms with Gasteiger partial charge in [-0.2, -0.15) is 0 Å². The molecule has 1 aromatic carbocycles. The average molecular weight is 289 g/mol. The summed E-state index contributed by atoms with van der Waals surface area (Å²) in [5.74, 6) is -0.910. The fourth-order valence-corrected chi connectivity index (χ4v) is 1.34. The van der Waals surface area contributed by atoms with Crippen molar-refractivity contribution in [1.29, 1.82) is 0 Å². The molecule has 0 spiro atoms. The van der Waals surface area contributed by atoms with Gasteiger partial charge in [-0.25, -0.2) is 0 Å². The van der Waals surface area contributed by atoms with Crippen molar-refractivity contribution in [2.45, 2.75) is 19.3 Å². The molecule has 1 amide bonds. The zero-order valence-corrected chi connectivity index (χ0v) is 10.6. The van der Waals surface area contributed by atoms with Gasteiger partial charge in [0.25, 0.3) is 0 Å². The van der Waals surface area contributed by atoms with Gasteiger partial charge in [0, 0.05) is 17.7 Å². The van der Waals surface area contributed by atoms with E-state index in [0.29, 0.717) is 0 Å². The fraction of sp³-hybridized carbons (Fsp3) is 0.308. The highest BCUT2D eigenvalue weighted by atomic mass is 19.4. The first-order chi connectivity index (χ1) is 9.31. The second kappa shape index (κ2) is 6.95. The summed E-state index contributed by atoms with van der Waals surface area (Å²) in [6, 6.07) is 5.03. The van der Waals surface area contributed by atoms with Crippen LogP contribution in [0.4, 0.5) is 13.2 Å². The van der Waals surface area contributed by atoms with Crippen molar-refractivity contribution in [3.8, 4) is 5.75 Å². The van der Waals surface area contributed by atoms with Crippen LogP contribution in [0.25, 0.3) is 6.08 Å². The molecule has 0 heterocycles. The quantitative estimate of drug-likeness (QED) is 0.816. The van der Waals surface area contributed by atoms with Gasteiger partial charge in [0.15, 0.2) is 0 Å². The number of amides is 1. The van der Waals surface area contributed by atoms with Gasteiger partial charge in [0.2, 0.25) is 5.91 Å². The number of aliphatic hydroxyl groups is 1. The van der Waals surface area contributed by atoms with Crippen LogP contribution in [0, 0.1) is 0 Å². The number of carbonyl (C=O) groups excluding carboxylic acids is 1. The number of aliphatic hydroxyl groups excluding tert-OH is 1. The Morgan fingerprint density at radius 1 is 1.45 bits per heavy atom. The van der Waals surface area contributed by atoms with Gasteiger partial charge < -0.3 is 15.2 Å². The Bertz CT molecular complexity index is 486. The Morgan fingerprint density at radius 2 is 2.10 bits per heavy atom. The molecule has 1 atom stereocenters. The lowest BCUT2D eigenvalue weighted by Gasteiger charge is -2.11. The Balaban J connectivity index is 2.79. The summed E-state index contributed by atoms with van der Waals surface area (Å²) in [7, 11) is 0. The van der Waals surface area contributed by atoms with Crippen LogP contribution in [0.2, 0.25) is 0 Å². The second-order valence-electron chi connectivity index (χ2n) is 4.01. The molecule has 2 N–H and O–H groups in total. The molecule has 0 saturated heterocycles. The number of benzene rings is 1. The minimum Gasteiger partial charge on any atom is -0.405 e. The summed E-state index contributed by atoms with van der Waals surface area (Å²) < 4.78 is 40.4. The van der Waals surface area contributed by atoms with E-state index in [1.165, 1.54) is 24.3 Å². The predicted octanol–water partition coefficient (Wildman–Crippen LogP) is 2.10. The van der Waals surface area contributed by atoms with Crippen LogP contribution < -0.4 is 10.1 Å². The van der Waals surface area contributed by atoms with Crippen molar-refractivity contribution in [2.24, 2.45) is 0 Å². The zero-order chi connectivity index (χ0) is 15.2. The summed E-state index contributed by atoms with van der Waals surface area (Å²) in [5.41, 5.74) is 0.122. The molecule has 1 unspecified atom stereocenters. The Kier molecular flexibility index (Phi) is 5.57. The highest BCUT2D eigenvalue weighted by Crippen LogP contribution is 2.26. The van der Waals surface area contributed by atoms with E-state index in [1.807, 2.05) is 0 Å². The normalized spacial score (nSPS) is 13.2. The smallest absolute Gasteiger partial charge is 0.405 e. The van der Waals surface area contributed by atoms with E-state index >= 15 is 0 Å². The Labute approximate surface area is 113 Å². The molecule has 0 aromatic heterocycles. The number of para-hydroxylation sites is 1. The number of rotatable bonds is 5. The molecule has 7 heteroatoms. The van der Waals surface area contributed by atoms with Crippen LogP contribution in [0.1, 0.15) is 12.5 Å². The maximum Gasteiger partial charge on any atom is 0.573 e. The van der Waals surface area contributed by atoms with Gasteiger partial charge in [0.05, 0.1) is 6.61 Å². The minimum atomic E-state index is -4.79. The van der Waals surface area contributed by atoms with E-state index in [0.717, 1.165) is 12.1 Å². The molecule has 1 aromatic rings. The van der Waals surface area contributed by atoms with Crippen molar-refractivity contribution < 1.29 is 27.8 Å². The van der Waals surface area contributed by atoms with Crippen LogP contribution in [0.15, 0.2) is 30.3 Å². The number of nitrogens with one attached hydrogen (secondary N) is 1. The zero-order valence-electron chi connectivity index (χ0n) is 10.6. The third-order valence-electron chi connectivity index (χ3n) is 2.22. The molecule has 0 aliphatic heterocycles. The maximum atomic E-state index is 12.2. The summed E-state index contributed by atoms with van der Waals surface area (Å²) >= 11 is 0. The summed E-state index contributed by atoms with van der Waals surface area (Å²) in [4.78, 5) is 11.4. The van der Waals surface area contributed by atoms with E-state index in [9.17, 15) is 18.0 Å². The standard InChI is InChI=1S/C13H14F3NO3/c1-9(8-18)17-12(19)7-6-10-4-2-3-5-11(10)20-13(14,15)16/h2-7,9,18H,8H2,1H3,(H,17,19)/b7-6+. The van der Waals surface area contributed by atoms with Crippen LogP contribution in [0.5, 0.6) is 5.75 Å². The van der Waals surface area contributed by atoms with Crippen LogP contribution in [-0.4, -0.2) is 30.0 Å². The number of ether oxygens (including phenoxy) is 1. The lowest BCUT2D eigenvalue weighted by Crippen LogP contribution is -2.33. The molecule has 4 nitrogen and oxygen atoms in total. The number of hydrogen-bond acceptors (Lipinski definition) is 3. The molecule has 110 valence electrons. The lowest BCUT2D eigenvalue weighted by molar-refractivity contribution is -0.274. The molecule has 1 rings (SSSR count). The highest BCUT2D eigenvalue weighted by Gasteiger charge is 2.31. The lowest BCUT2D eigenvalue weighted by atomic mass is 10.2. The molecule has 0 aliphatic carbocycles. The first kappa shape index (κ1) is 16.0. The third kappa shape index (κ3) is 5.75. The van der Waals surface area contributed by atoms with Crippen molar-refractivity contribution in [3.63, 3.8) is 0 Å². The van der Waals surface area contributed by atoms with Crippen molar-refractivity contribution in [2.75, 3.05) is 6.61 Å². The van der Waals surface area contributed by atoms with E-state index < -0.39 is 18.3 Å². The summed E-state index contributed by atoms with van der Waals surface area (Å²) in [6.07, 6.45) is -2.51. The van der Waals surface area contributed by atoms with E-state index in [2.05, 4.69) is 10.1 Å². The van der Waals surface area contributed by atoms with Gasteiger partial charge in [-0.1, -0.05) is 18.2 Å². The molecule has 0 aliphatic rings. The largest absolute Gasteiger partial charge is 0.573 e. The van der Waals surface area contributed by atoms with E-state index in [-0.39, 0.29) is 17.9 Å². The van der Waals surface area contributed by atoms with Gasteiger partial charge in [-0.05, 0) is 19.1 Å². The third-order valence-corrected chi connectivity index (χ3v) is 2.22. The van der Waals surface area contributed by atoms with Crippen molar-refractivity contribution >= 4 is 12.0 Å². The number of hydrogen-bond donors (Lipinski definition) is 2. The summed E-state index contributed by atoms with van der Waals surface area (Å²) in [5, 5.41) is 11.2. The van der Waals surface area contributed by atoms with Gasteiger partial charge >= 0.3 is 6.36 Å². The average Bonchev–Trinajstić information content (AvgIpc) is 2.35. The molecular formula is C13H14F3NO3. The molecule has 0 saturated carbocycles. The van der Waals surface area contributed by atoms with Gasteiger partial charge in [-0.3, -0.25) is 4.79 Å². The number of halogens is 3. The molecule has 0 bridgehead atoms. The van der Waals surface area contributed by atoms with Gasteiger partial charge in [-0.15, -0.1) is 13.2 Å². The van der Waals surface area contributed by atoms with Gasteiger partial charge in [0.1, 0.15) is 5.75 Å². The highest BCUT2D eigenvalue weighted by molar-refractivity contribution is 5.92. The maximum absolute atomic E-state index is 12.2. The van der Waals surface area contributed by atoms with Crippen LogP contribution in [0.3, 0.4) is 0 Å². The molecule has 20 heavy (non-hydrogen) atoms. The van der Waals surface area contributed by atoms with Crippen LogP contribution >= 0.6 is 0 Å². The van der Waals surface area contributed by atoms with Crippen LogP contribution in [-0.2, 0) is 4.79 Å². The Hall–Kier alpha value is -2.02. The minimum absolute atomic E-state index is 0.122. The van der Waals surface area contributed by atoms with E-state index in [1.54, 1.807) is 6.92 Å². The number of carbonyl (C=O) groups is 1.